The Morgan fingerprint density at radius 3 is 2.65 bits per heavy atom. The van der Waals surface area contributed by atoms with Crippen LogP contribution in [0.5, 0.6) is 0 Å². The lowest BCUT2D eigenvalue weighted by atomic mass is 9.66. The maximum absolute atomic E-state index is 12.7. The number of likely N-dealkylation sites (tertiary alicyclic amines) is 1. The van der Waals surface area contributed by atoms with Gasteiger partial charge in [-0.05, 0) is 26.3 Å². The first kappa shape index (κ1) is 17.4. The molecule has 1 aliphatic carbocycles. The summed E-state index contributed by atoms with van der Waals surface area (Å²) in [5.74, 6) is 0. The Morgan fingerprint density at radius 1 is 1.23 bits per heavy atom. The molecule has 1 saturated carbocycles. The minimum absolute atomic E-state index is 0.110. The number of rotatable bonds is 3. The third-order valence-electron chi connectivity index (χ3n) is 6.34. The van der Waals surface area contributed by atoms with E-state index in [0.29, 0.717) is 18.7 Å². The zero-order valence-electron chi connectivity index (χ0n) is 15.6. The van der Waals surface area contributed by atoms with Crippen molar-refractivity contribution in [3.8, 4) is 11.3 Å². The summed E-state index contributed by atoms with van der Waals surface area (Å²) in [5, 5.41) is 15.7. The molecule has 0 amide bonds. The van der Waals surface area contributed by atoms with Crippen LogP contribution < -0.4 is 5.56 Å². The molecule has 4 rings (SSSR count). The maximum Gasteiger partial charge on any atom is 0.253 e. The molecule has 0 bridgehead atoms. The highest BCUT2D eigenvalue weighted by molar-refractivity contribution is 5.55. The number of aromatic nitrogens is 4. The predicted molar refractivity (Wildman–Crippen MR) is 98.7 cm³/mol. The summed E-state index contributed by atoms with van der Waals surface area (Å²) in [6.45, 7) is 2.08. The molecule has 2 aromatic rings. The van der Waals surface area contributed by atoms with Crippen LogP contribution in [0.4, 0.5) is 0 Å². The van der Waals surface area contributed by atoms with Gasteiger partial charge < -0.3 is 10.0 Å². The van der Waals surface area contributed by atoms with Crippen LogP contribution in [0.2, 0.25) is 0 Å². The summed E-state index contributed by atoms with van der Waals surface area (Å²) in [5.41, 5.74) is 0.352. The lowest BCUT2D eigenvalue weighted by Gasteiger charge is -2.51. The van der Waals surface area contributed by atoms with E-state index in [1.54, 1.807) is 21.8 Å². The zero-order valence-corrected chi connectivity index (χ0v) is 15.6. The van der Waals surface area contributed by atoms with E-state index in [9.17, 15) is 9.90 Å². The molecule has 1 atom stereocenters. The van der Waals surface area contributed by atoms with Crippen molar-refractivity contribution in [3.63, 3.8) is 0 Å². The van der Waals surface area contributed by atoms with Crippen molar-refractivity contribution in [2.24, 2.45) is 12.5 Å². The normalized spacial score (nSPS) is 25.8. The third kappa shape index (κ3) is 2.89. The molecule has 7 heteroatoms. The number of nitrogens with zero attached hydrogens (tertiary/aromatic N) is 5. The van der Waals surface area contributed by atoms with Crippen molar-refractivity contribution >= 4 is 0 Å². The van der Waals surface area contributed by atoms with Crippen LogP contribution >= 0.6 is 0 Å². The minimum Gasteiger partial charge on any atom is -0.387 e. The molecule has 1 N–H and O–H groups in total. The van der Waals surface area contributed by atoms with Gasteiger partial charge in [0.15, 0.2) is 0 Å². The molecular formula is C19H27N5O2. The number of hydrogen-bond acceptors (Lipinski definition) is 5. The molecule has 7 nitrogen and oxygen atoms in total. The lowest BCUT2D eigenvalue weighted by Crippen LogP contribution is -2.60. The second-order valence-corrected chi connectivity index (χ2v) is 8.15. The predicted octanol–water partition coefficient (Wildman–Crippen LogP) is 1.27. The van der Waals surface area contributed by atoms with Gasteiger partial charge in [0.25, 0.3) is 5.56 Å². The lowest BCUT2D eigenvalue weighted by molar-refractivity contribution is -0.139. The molecule has 3 heterocycles. The van der Waals surface area contributed by atoms with E-state index in [-0.39, 0.29) is 11.0 Å². The van der Waals surface area contributed by atoms with E-state index >= 15 is 0 Å². The van der Waals surface area contributed by atoms with Gasteiger partial charge in [0, 0.05) is 43.4 Å². The summed E-state index contributed by atoms with van der Waals surface area (Å²) in [7, 11) is 3.96. The molecule has 1 aliphatic heterocycles. The van der Waals surface area contributed by atoms with E-state index in [1.807, 2.05) is 13.2 Å². The SMILES string of the molecule is CN1CCC(O)(Cn2cnc(-c3cnn(C)c3)cc2=O)C2(CCCC2)C1. The number of piperidine rings is 1. The van der Waals surface area contributed by atoms with Crippen LogP contribution in [-0.4, -0.2) is 55.1 Å². The maximum atomic E-state index is 12.7. The largest absolute Gasteiger partial charge is 0.387 e. The average molecular weight is 357 g/mol. The molecule has 140 valence electrons. The fourth-order valence-electron chi connectivity index (χ4n) is 4.84. The number of aryl methyl sites for hydroxylation is 1. The number of hydrogen-bond donors (Lipinski definition) is 1. The van der Waals surface area contributed by atoms with Gasteiger partial charge in [0.2, 0.25) is 0 Å². The van der Waals surface area contributed by atoms with Crippen LogP contribution in [0.15, 0.2) is 29.6 Å². The Balaban J connectivity index is 1.62. The summed E-state index contributed by atoms with van der Waals surface area (Å²) < 4.78 is 3.26. The summed E-state index contributed by atoms with van der Waals surface area (Å²) in [4.78, 5) is 19.4. The Hall–Kier alpha value is -1.99. The molecule has 2 fully saturated rings. The van der Waals surface area contributed by atoms with E-state index in [4.69, 9.17) is 0 Å². The smallest absolute Gasteiger partial charge is 0.253 e. The van der Waals surface area contributed by atoms with Crippen molar-refractivity contribution < 1.29 is 5.11 Å². The fourth-order valence-corrected chi connectivity index (χ4v) is 4.84. The highest BCUT2D eigenvalue weighted by Crippen LogP contribution is 2.51. The quantitative estimate of drug-likeness (QED) is 0.895. The van der Waals surface area contributed by atoms with Crippen LogP contribution in [0.25, 0.3) is 11.3 Å². The summed E-state index contributed by atoms with van der Waals surface area (Å²) in [6.07, 6.45) is 10.2. The van der Waals surface area contributed by atoms with Gasteiger partial charge in [-0.1, -0.05) is 12.8 Å². The van der Waals surface area contributed by atoms with Crippen molar-refractivity contribution in [2.45, 2.75) is 44.2 Å². The third-order valence-corrected chi connectivity index (χ3v) is 6.34. The Labute approximate surface area is 153 Å². The molecule has 1 saturated heterocycles. The second kappa shape index (κ2) is 6.32. The minimum atomic E-state index is -0.850. The molecule has 26 heavy (non-hydrogen) atoms. The van der Waals surface area contributed by atoms with Crippen molar-refractivity contribution in [1.29, 1.82) is 0 Å². The summed E-state index contributed by atoms with van der Waals surface area (Å²) in [6, 6.07) is 1.54. The zero-order chi connectivity index (χ0) is 18.4. The first-order valence-corrected chi connectivity index (χ1v) is 9.37. The van der Waals surface area contributed by atoms with Gasteiger partial charge in [-0.15, -0.1) is 0 Å². The Bertz CT molecular complexity index is 852. The fraction of sp³-hybridized carbons (Fsp3) is 0.632. The highest BCUT2D eigenvalue weighted by Gasteiger charge is 2.54. The summed E-state index contributed by atoms with van der Waals surface area (Å²) >= 11 is 0. The first-order chi connectivity index (χ1) is 12.4. The standard InChI is InChI=1S/C19H27N5O2/c1-22-8-7-19(26,18(12-22)5-3-4-6-18)13-24-14-20-16(9-17(24)25)15-10-21-23(2)11-15/h9-11,14,26H,3-8,12-13H2,1-2H3. The van der Waals surface area contributed by atoms with Gasteiger partial charge in [-0.2, -0.15) is 5.10 Å². The first-order valence-electron chi connectivity index (χ1n) is 9.37. The molecule has 2 aromatic heterocycles. The molecular weight excluding hydrogens is 330 g/mol. The van der Waals surface area contributed by atoms with Crippen molar-refractivity contribution in [2.75, 3.05) is 20.1 Å². The van der Waals surface area contributed by atoms with Gasteiger partial charge in [0.1, 0.15) is 0 Å². The molecule has 1 spiro atoms. The van der Waals surface area contributed by atoms with Gasteiger partial charge in [-0.3, -0.25) is 14.0 Å². The van der Waals surface area contributed by atoms with E-state index < -0.39 is 5.60 Å². The topological polar surface area (TPSA) is 76.2 Å². The molecule has 2 aliphatic rings. The second-order valence-electron chi connectivity index (χ2n) is 8.15. The van der Waals surface area contributed by atoms with Crippen LogP contribution in [0, 0.1) is 5.41 Å². The Morgan fingerprint density at radius 2 is 2.00 bits per heavy atom. The van der Waals surface area contributed by atoms with Crippen LogP contribution in [-0.2, 0) is 13.6 Å². The van der Waals surface area contributed by atoms with Crippen LogP contribution in [0.3, 0.4) is 0 Å². The monoisotopic (exact) mass is 357 g/mol. The van der Waals surface area contributed by atoms with E-state index in [2.05, 4.69) is 22.0 Å². The van der Waals surface area contributed by atoms with Crippen molar-refractivity contribution in [1.82, 2.24) is 24.2 Å². The Kier molecular flexibility index (Phi) is 4.23. The van der Waals surface area contributed by atoms with Gasteiger partial charge >= 0.3 is 0 Å². The number of aliphatic hydroxyl groups is 1. The highest BCUT2D eigenvalue weighted by atomic mass is 16.3. The van der Waals surface area contributed by atoms with E-state index in [0.717, 1.165) is 44.3 Å². The van der Waals surface area contributed by atoms with Crippen molar-refractivity contribution in [3.05, 3.63) is 35.1 Å². The average Bonchev–Trinajstić information content (AvgIpc) is 3.24. The molecule has 0 radical (unpaired) electrons. The molecule has 1 unspecified atom stereocenters. The molecule has 0 aromatic carbocycles. The van der Waals surface area contributed by atoms with Gasteiger partial charge in [-0.25, -0.2) is 4.98 Å². The van der Waals surface area contributed by atoms with Crippen LogP contribution in [0.1, 0.15) is 32.1 Å². The van der Waals surface area contributed by atoms with E-state index in [1.165, 1.54) is 6.07 Å². The van der Waals surface area contributed by atoms with Gasteiger partial charge in [0.05, 0.1) is 30.4 Å².